The molecule has 1 aromatic carbocycles. The number of aliphatic carboxylic acids is 1. The zero-order valence-electron chi connectivity index (χ0n) is 9.84. The number of nitrogens with two attached hydrogens (primary N) is 1. The molecule has 0 saturated carbocycles. The molecule has 96 valence electrons. The van der Waals surface area contributed by atoms with Crippen LogP contribution in [0.4, 0.5) is 0 Å². The number of carboxylic acid groups (broad SMARTS) is 1. The van der Waals surface area contributed by atoms with Gasteiger partial charge in [0.25, 0.3) is 5.91 Å². The third-order valence-electron chi connectivity index (χ3n) is 2.29. The molecule has 0 bridgehead atoms. The number of carbonyl (C=O) groups is 3. The van der Waals surface area contributed by atoms with E-state index in [1.807, 2.05) is 13.0 Å². The first kappa shape index (κ1) is 13.7. The van der Waals surface area contributed by atoms with E-state index in [1.165, 1.54) is 0 Å². The van der Waals surface area contributed by atoms with Crippen LogP contribution in [0, 0.1) is 6.92 Å². The minimum Gasteiger partial charge on any atom is -0.480 e. The molecule has 0 aliphatic rings. The van der Waals surface area contributed by atoms with Gasteiger partial charge in [-0.2, -0.15) is 0 Å². The third kappa shape index (κ3) is 3.89. The quantitative estimate of drug-likeness (QED) is 0.686. The molecule has 1 aromatic rings. The summed E-state index contributed by atoms with van der Waals surface area (Å²) >= 11 is 0. The molecule has 0 spiro atoms. The number of benzene rings is 1. The van der Waals surface area contributed by atoms with Crippen LogP contribution >= 0.6 is 0 Å². The van der Waals surface area contributed by atoms with Gasteiger partial charge in [-0.1, -0.05) is 17.7 Å². The molecule has 2 amide bonds. The molecule has 0 aliphatic carbocycles. The number of carbonyl (C=O) groups excluding carboxylic acids is 2. The fourth-order valence-corrected chi connectivity index (χ4v) is 1.43. The van der Waals surface area contributed by atoms with E-state index in [0.717, 1.165) is 5.56 Å². The molecule has 0 radical (unpaired) electrons. The van der Waals surface area contributed by atoms with Crippen LogP contribution in [0.1, 0.15) is 22.3 Å². The standard InChI is InChI=1S/C12H14N2O4/c1-7-3-2-4-8(5-7)11(16)14-9(12(17)18)6-10(13)15/h2-5,9H,6H2,1H3,(H2,13,15)(H,14,16)(H,17,18). The van der Waals surface area contributed by atoms with E-state index in [2.05, 4.69) is 5.32 Å². The van der Waals surface area contributed by atoms with Gasteiger partial charge < -0.3 is 16.2 Å². The first-order valence-corrected chi connectivity index (χ1v) is 5.29. The highest BCUT2D eigenvalue weighted by atomic mass is 16.4. The van der Waals surface area contributed by atoms with Crippen LogP contribution < -0.4 is 11.1 Å². The molecule has 0 saturated heterocycles. The van der Waals surface area contributed by atoms with Gasteiger partial charge in [0, 0.05) is 5.56 Å². The van der Waals surface area contributed by atoms with E-state index in [4.69, 9.17) is 10.8 Å². The zero-order chi connectivity index (χ0) is 13.7. The summed E-state index contributed by atoms with van der Waals surface area (Å²) in [6.07, 6.45) is -0.438. The summed E-state index contributed by atoms with van der Waals surface area (Å²) < 4.78 is 0. The number of hydrogen-bond acceptors (Lipinski definition) is 3. The number of hydrogen-bond donors (Lipinski definition) is 3. The van der Waals surface area contributed by atoms with Gasteiger partial charge in [-0.25, -0.2) is 4.79 Å². The van der Waals surface area contributed by atoms with E-state index >= 15 is 0 Å². The van der Waals surface area contributed by atoms with Gasteiger partial charge in [0.15, 0.2) is 0 Å². The average molecular weight is 250 g/mol. The number of rotatable bonds is 5. The molecular formula is C12H14N2O4. The molecule has 1 rings (SSSR count). The molecule has 1 unspecified atom stereocenters. The Hall–Kier alpha value is -2.37. The highest BCUT2D eigenvalue weighted by Gasteiger charge is 2.22. The maximum Gasteiger partial charge on any atom is 0.326 e. The number of aryl methyl sites for hydroxylation is 1. The van der Waals surface area contributed by atoms with Crippen LogP contribution in [-0.4, -0.2) is 28.9 Å². The maximum absolute atomic E-state index is 11.8. The highest BCUT2D eigenvalue weighted by Crippen LogP contribution is 2.04. The van der Waals surface area contributed by atoms with Crippen molar-refractivity contribution in [3.63, 3.8) is 0 Å². The van der Waals surface area contributed by atoms with Crippen LogP contribution in [0.25, 0.3) is 0 Å². The zero-order valence-corrected chi connectivity index (χ0v) is 9.84. The molecular weight excluding hydrogens is 236 g/mol. The number of carboxylic acids is 1. The Labute approximate surface area is 104 Å². The van der Waals surface area contributed by atoms with Crippen molar-refractivity contribution in [2.24, 2.45) is 5.73 Å². The minimum atomic E-state index is -1.31. The molecule has 0 fully saturated rings. The summed E-state index contributed by atoms with van der Waals surface area (Å²) in [7, 11) is 0. The Morgan fingerprint density at radius 2 is 2.06 bits per heavy atom. The Morgan fingerprint density at radius 3 is 2.56 bits per heavy atom. The van der Waals surface area contributed by atoms with Gasteiger partial charge in [0.05, 0.1) is 6.42 Å². The van der Waals surface area contributed by atoms with Crippen LogP contribution in [0.2, 0.25) is 0 Å². The fraction of sp³-hybridized carbons (Fsp3) is 0.250. The fourth-order valence-electron chi connectivity index (χ4n) is 1.43. The smallest absolute Gasteiger partial charge is 0.326 e. The van der Waals surface area contributed by atoms with Crippen molar-refractivity contribution in [2.45, 2.75) is 19.4 Å². The molecule has 0 aliphatic heterocycles. The van der Waals surface area contributed by atoms with Gasteiger partial charge in [0.2, 0.25) is 5.91 Å². The lowest BCUT2D eigenvalue weighted by molar-refractivity contribution is -0.140. The first-order valence-electron chi connectivity index (χ1n) is 5.29. The molecule has 1 atom stereocenters. The van der Waals surface area contributed by atoms with Crippen molar-refractivity contribution in [3.05, 3.63) is 35.4 Å². The number of nitrogens with one attached hydrogen (secondary N) is 1. The minimum absolute atomic E-state index is 0.339. The third-order valence-corrected chi connectivity index (χ3v) is 2.29. The molecule has 6 heteroatoms. The Kier molecular flexibility index (Phi) is 4.42. The Morgan fingerprint density at radius 1 is 1.39 bits per heavy atom. The summed E-state index contributed by atoms with van der Waals surface area (Å²) in [5, 5.41) is 11.1. The van der Waals surface area contributed by atoms with Gasteiger partial charge in [-0.05, 0) is 19.1 Å². The van der Waals surface area contributed by atoms with Crippen molar-refractivity contribution in [3.8, 4) is 0 Å². The SMILES string of the molecule is Cc1cccc(C(=O)NC(CC(N)=O)C(=O)O)c1. The second-order valence-electron chi connectivity index (χ2n) is 3.90. The predicted octanol–water partition coefficient (Wildman–Crippen LogP) is 0.0534. The van der Waals surface area contributed by atoms with Crippen LogP contribution in [-0.2, 0) is 9.59 Å². The predicted molar refractivity (Wildman–Crippen MR) is 63.9 cm³/mol. The van der Waals surface area contributed by atoms with E-state index in [9.17, 15) is 14.4 Å². The van der Waals surface area contributed by atoms with Crippen molar-refractivity contribution in [1.82, 2.24) is 5.32 Å². The summed E-state index contributed by atoms with van der Waals surface area (Å²) in [5.74, 6) is -2.63. The maximum atomic E-state index is 11.8. The van der Waals surface area contributed by atoms with Gasteiger partial charge in [-0.3, -0.25) is 9.59 Å². The summed E-state index contributed by atoms with van der Waals surface area (Å²) in [6.45, 7) is 1.81. The molecule has 18 heavy (non-hydrogen) atoms. The van der Waals surface area contributed by atoms with Gasteiger partial charge in [-0.15, -0.1) is 0 Å². The van der Waals surface area contributed by atoms with Crippen molar-refractivity contribution >= 4 is 17.8 Å². The Bertz CT molecular complexity index is 485. The number of amides is 2. The highest BCUT2D eigenvalue weighted by molar-refractivity contribution is 5.97. The van der Waals surface area contributed by atoms with E-state index < -0.39 is 30.2 Å². The normalized spacial score (nSPS) is 11.6. The topological polar surface area (TPSA) is 109 Å². The lowest BCUT2D eigenvalue weighted by atomic mass is 10.1. The van der Waals surface area contributed by atoms with Gasteiger partial charge in [0.1, 0.15) is 6.04 Å². The first-order chi connectivity index (χ1) is 8.40. The van der Waals surface area contributed by atoms with Crippen LogP contribution in [0.15, 0.2) is 24.3 Å². The van der Waals surface area contributed by atoms with Crippen LogP contribution in [0.5, 0.6) is 0 Å². The number of primary amides is 1. The van der Waals surface area contributed by atoms with E-state index in [0.29, 0.717) is 5.56 Å². The lowest BCUT2D eigenvalue weighted by Crippen LogP contribution is -2.43. The summed E-state index contributed by atoms with van der Waals surface area (Å²) in [6, 6.07) is 5.38. The van der Waals surface area contributed by atoms with E-state index in [1.54, 1.807) is 18.2 Å². The summed E-state index contributed by atoms with van der Waals surface area (Å²) in [5.41, 5.74) is 6.13. The molecule has 4 N–H and O–H groups in total. The monoisotopic (exact) mass is 250 g/mol. The van der Waals surface area contributed by atoms with Gasteiger partial charge >= 0.3 is 5.97 Å². The van der Waals surface area contributed by atoms with Crippen molar-refractivity contribution in [1.29, 1.82) is 0 Å². The second kappa shape index (κ2) is 5.81. The molecule has 0 aromatic heterocycles. The Balaban J connectivity index is 2.78. The summed E-state index contributed by atoms with van der Waals surface area (Å²) in [4.78, 5) is 33.3. The molecule has 6 nitrogen and oxygen atoms in total. The largest absolute Gasteiger partial charge is 0.480 e. The van der Waals surface area contributed by atoms with Crippen molar-refractivity contribution < 1.29 is 19.5 Å². The average Bonchev–Trinajstić information content (AvgIpc) is 2.27. The van der Waals surface area contributed by atoms with E-state index in [-0.39, 0.29) is 0 Å². The second-order valence-corrected chi connectivity index (χ2v) is 3.90. The van der Waals surface area contributed by atoms with Crippen molar-refractivity contribution in [2.75, 3.05) is 0 Å². The molecule has 0 heterocycles. The van der Waals surface area contributed by atoms with Crippen LogP contribution in [0.3, 0.4) is 0 Å². The lowest BCUT2D eigenvalue weighted by Gasteiger charge is -2.12.